The molecule has 0 aliphatic rings. The predicted octanol–water partition coefficient (Wildman–Crippen LogP) is 1.48. The summed E-state index contributed by atoms with van der Waals surface area (Å²) in [5.41, 5.74) is 0. The van der Waals surface area contributed by atoms with Gasteiger partial charge in [0, 0.05) is 5.88 Å². The number of ether oxygens (including phenoxy) is 7. The number of hydrogen-bond acceptors (Lipinski definition) is 7. The van der Waals surface area contributed by atoms with Gasteiger partial charge in [-0.1, -0.05) is 6.58 Å². The average Bonchev–Trinajstić information content (AvgIpc) is 2.60. The van der Waals surface area contributed by atoms with Crippen LogP contribution < -0.4 is 0 Å². The first-order valence-electron chi connectivity index (χ1n) is 8.16. The van der Waals surface area contributed by atoms with Gasteiger partial charge in [-0.15, -0.1) is 11.6 Å². The molecule has 0 rings (SSSR count). The SMILES string of the molecule is C=COCCOCCOCCOCCOCCOCCOCCCl. The second-order valence-electron chi connectivity index (χ2n) is 4.40. The van der Waals surface area contributed by atoms with Crippen LogP contribution in [0.2, 0.25) is 0 Å². The van der Waals surface area contributed by atoms with Crippen LogP contribution in [0.5, 0.6) is 0 Å². The second kappa shape index (κ2) is 22.6. The number of hydrogen-bond donors (Lipinski definition) is 0. The smallest absolute Gasteiger partial charge is 0.111 e. The zero-order chi connectivity index (χ0) is 17.6. The average molecular weight is 371 g/mol. The zero-order valence-electron chi connectivity index (χ0n) is 14.4. The van der Waals surface area contributed by atoms with Crippen molar-refractivity contribution in [1.82, 2.24) is 0 Å². The summed E-state index contributed by atoms with van der Waals surface area (Å²) in [5, 5.41) is 0. The highest BCUT2D eigenvalue weighted by atomic mass is 35.5. The lowest BCUT2D eigenvalue weighted by molar-refractivity contribution is -0.0179. The molecule has 0 fully saturated rings. The molecule has 0 saturated heterocycles. The van der Waals surface area contributed by atoms with Gasteiger partial charge in [-0.25, -0.2) is 0 Å². The third kappa shape index (κ3) is 21.6. The molecule has 0 amide bonds. The molecule has 0 aliphatic carbocycles. The summed E-state index contributed by atoms with van der Waals surface area (Å²) in [6, 6.07) is 0. The lowest BCUT2D eigenvalue weighted by Gasteiger charge is -2.08. The fourth-order valence-corrected chi connectivity index (χ4v) is 1.56. The van der Waals surface area contributed by atoms with Crippen molar-refractivity contribution in [2.75, 3.05) is 91.8 Å². The maximum absolute atomic E-state index is 5.47. The normalized spacial score (nSPS) is 10.9. The van der Waals surface area contributed by atoms with E-state index in [9.17, 15) is 0 Å². The molecular formula is C16H31ClO7. The largest absolute Gasteiger partial charge is 0.499 e. The Hall–Kier alpha value is -0.410. The van der Waals surface area contributed by atoms with E-state index in [0.29, 0.717) is 91.8 Å². The molecular weight excluding hydrogens is 340 g/mol. The quantitative estimate of drug-likeness (QED) is 0.172. The molecule has 0 aromatic rings. The van der Waals surface area contributed by atoms with Gasteiger partial charge < -0.3 is 33.2 Å². The minimum absolute atomic E-state index is 0.507. The Labute approximate surface area is 150 Å². The van der Waals surface area contributed by atoms with E-state index in [1.54, 1.807) is 0 Å². The van der Waals surface area contributed by atoms with E-state index in [-0.39, 0.29) is 0 Å². The first kappa shape index (κ1) is 23.6. The highest BCUT2D eigenvalue weighted by Gasteiger charge is 1.94. The molecule has 0 spiro atoms. The van der Waals surface area contributed by atoms with Gasteiger partial charge in [-0.3, -0.25) is 0 Å². The van der Waals surface area contributed by atoms with E-state index in [2.05, 4.69) is 6.58 Å². The monoisotopic (exact) mass is 370 g/mol. The molecule has 0 radical (unpaired) electrons. The Morgan fingerprint density at radius 2 is 0.792 bits per heavy atom. The van der Waals surface area contributed by atoms with E-state index in [0.717, 1.165) is 0 Å². The fraction of sp³-hybridized carbons (Fsp3) is 0.875. The summed E-state index contributed by atoms with van der Waals surface area (Å²) in [6.07, 6.45) is 1.40. The Balaban J connectivity index is 2.94. The van der Waals surface area contributed by atoms with Gasteiger partial charge in [0.05, 0.1) is 85.5 Å². The zero-order valence-corrected chi connectivity index (χ0v) is 15.2. The number of halogens is 1. The van der Waals surface area contributed by atoms with Crippen LogP contribution in [0.1, 0.15) is 0 Å². The molecule has 24 heavy (non-hydrogen) atoms. The van der Waals surface area contributed by atoms with Gasteiger partial charge in [-0.2, -0.15) is 0 Å². The van der Waals surface area contributed by atoms with E-state index >= 15 is 0 Å². The first-order valence-corrected chi connectivity index (χ1v) is 8.70. The van der Waals surface area contributed by atoms with Gasteiger partial charge >= 0.3 is 0 Å². The summed E-state index contributed by atoms with van der Waals surface area (Å²) < 4.78 is 36.7. The number of alkyl halides is 1. The Bertz CT molecular complexity index is 244. The standard InChI is InChI=1S/C16H31ClO7/c1-2-18-5-6-20-9-10-22-13-14-24-16-15-23-12-11-21-8-7-19-4-3-17/h2H,1,3-16H2. The minimum atomic E-state index is 0.507. The van der Waals surface area contributed by atoms with Crippen LogP contribution in [0.25, 0.3) is 0 Å². The summed E-state index contributed by atoms with van der Waals surface area (Å²) in [6.45, 7) is 10.5. The van der Waals surface area contributed by atoms with Crippen molar-refractivity contribution in [3.05, 3.63) is 12.8 Å². The lowest BCUT2D eigenvalue weighted by atomic mass is 10.7. The van der Waals surface area contributed by atoms with Crippen LogP contribution in [0.3, 0.4) is 0 Å². The molecule has 8 heteroatoms. The van der Waals surface area contributed by atoms with Gasteiger partial charge in [0.25, 0.3) is 0 Å². The van der Waals surface area contributed by atoms with Crippen LogP contribution in [-0.2, 0) is 33.2 Å². The highest BCUT2D eigenvalue weighted by molar-refractivity contribution is 6.17. The molecule has 0 atom stereocenters. The van der Waals surface area contributed by atoms with Crippen molar-refractivity contribution in [1.29, 1.82) is 0 Å². The van der Waals surface area contributed by atoms with Gasteiger partial charge in [0.15, 0.2) is 0 Å². The molecule has 0 aromatic carbocycles. The topological polar surface area (TPSA) is 64.6 Å². The molecule has 0 N–H and O–H groups in total. The third-order valence-electron chi connectivity index (χ3n) is 2.54. The van der Waals surface area contributed by atoms with Crippen molar-refractivity contribution in [3.63, 3.8) is 0 Å². The van der Waals surface area contributed by atoms with Crippen molar-refractivity contribution in [3.8, 4) is 0 Å². The highest BCUT2D eigenvalue weighted by Crippen LogP contribution is 1.85. The van der Waals surface area contributed by atoms with Crippen molar-refractivity contribution in [2.24, 2.45) is 0 Å². The summed E-state index contributed by atoms with van der Waals surface area (Å²) >= 11 is 5.47. The fourth-order valence-electron chi connectivity index (χ4n) is 1.45. The maximum atomic E-state index is 5.47. The van der Waals surface area contributed by atoms with Gasteiger partial charge in [-0.05, 0) is 0 Å². The maximum Gasteiger partial charge on any atom is 0.111 e. The summed E-state index contributed by atoms with van der Waals surface area (Å²) in [5.74, 6) is 0.507. The lowest BCUT2D eigenvalue weighted by Crippen LogP contribution is -2.14. The van der Waals surface area contributed by atoms with Crippen molar-refractivity contribution in [2.45, 2.75) is 0 Å². The van der Waals surface area contributed by atoms with Gasteiger partial charge in [0.1, 0.15) is 6.61 Å². The minimum Gasteiger partial charge on any atom is -0.499 e. The molecule has 0 heterocycles. The molecule has 0 saturated carbocycles. The summed E-state index contributed by atoms with van der Waals surface area (Å²) in [4.78, 5) is 0. The molecule has 144 valence electrons. The van der Waals surface area contributed by atoms with Crippen LogP contribution >= 0.6 is 11.6 Å². The Morgan fingerprint density at radius 3 is 1.08 bits per heavy atom. The van der Waals surface area contributed by atoms with E-state index in [1.807, 2.05) is 0 Å². The molecule has 0 unspecified atom stereocenters. The molecule has 0 aromatic heterocycles. The van der Waals surface area contributed by atoms with Crippen LogP contribution in [0.15, 0.2) is 12.8 Å². The van der Waals surface area contributed by atoms with Gasteiger partial charge in [0.2, 0.25) is 0 Å². The predicted molar refractivity (Wildman–Crippen MR) is 91.8 cm³/mol. The second-order valence-corrected chi connectivity index (χ2v) is 4.78. The van der Waals surface area contributed by atoms with Crippen LogP contribution in [-0.4, -0.2) is 91.8 Å². The molecule has 0 bridgehead atoms. The first-order chi connectivity index (χ1) is 11.9. The third-order valence-corrected chi connectivity index (χ3v) is 2.70. The van der Waals surface area contributed by atoms with Crippen LogP contribution in [0.4, 0.5) is 0 Å². The Kier molecular flexibility index (Phi) is 22.2. The number of rotatable bonds is 21. The molecule has 0 aliphatic heterocycles. The van der Waals surface area contributed by atoms with E-state index < -0.39 is 0 Å². The van der Waals surface area contributed by atoms with E-state index in [4.69, 9.17) is 44.8 Å². The van der Waals surface area contributed by atoms with Crippen molar-refractivity contribution >= 4 is 11.6 Å². The van der Waals surface area contributed by atoms with Crippen molar-refractivity contribution < 1.29 is 33.2 Å². The van der Waals surface area contributed by atoms with Crippen LogP contribution in [0, 0.1) is 0 Å². The van der Waals surface area contributed by atoms with E-state index in [1.165, 1.54) is 6.26 Å². The summed E-state index contributed by atoms with van der Waals surface area (Å²) in [7, 11) is 0. The molecule has 7 nitrogen and oxygen atoms in total. The Morgan fingerprint density at radius 1 is 0.500 bits per heavy atom.